The Hall–Kier alpha value is -0.430. The SMILES string of the molecule is CN1CCN(c2nc(-c3ccc(Br)s3)cs2)CC1. The summed E-state index contributed by atoms with van der Waals surface area (Å²) in [6, 6.07) is 4.20. The van der Waals surface area contributed by atoms with Crippen molar-refractivity contribution in [3.8, 4) is 10.6 Å². The molecule has 1 aliphatic heterocycles. The number of rotatable bonds is 2. The van der Waals surface area contributed by atoms with Crippen LogP contribution in [-0.4, -0.2) is 43.1 Å². The number of halogens is 1. The molecule has 0 atom stereocenters. The number of anilines is 1. The standard InChI is InChI=1S/C12H14BrN3S2/c1-15-4-6-16(7-5-15)12-14-9(8-17-12)10-2-3-11(13)18-10/h2-3,8H,4-7H2,1H3. The van der Waals surface area contributed by atoms with Crippen LogP contribution in [0.4, 0.5) is 5.13 Å². The third-order valence-electron chi connectivity index (χ3n) is 3.09. The van der Waals surface area contributed by atoms with Gasteiger partial charge in [-0.25, -0.2) is 4.98 Å². The number of aromatic nitrogens is 1. The fraction of sp³-hybridized carbons (Fsp3) is 0.417. The fourth-order valence-corrected chi connectivity index (χ4v) is 4.27. The van der Waals surface area contributed by atoms with E-state index in [2.05, 4.69) is 50.3 Å². The number of hydrogen-bond acceptors (Lipinski definition) is 5. The Morgan fingerprint density at radius 1 is 1.22 bits per heavy atom. The van der Waals surface area contributed by atoms with Crippen molar-refractivity contribution in [2.75, 3.05) is 38.1 Å². The molecule has 0 saturated carbocycles. The van der Waals surface area contributed by atoms with Gasteiger partial charge in [0.1, 0.15) is 0 Å². The summed E-state index contributed by atoms with van der Waals surface area (Å²) in [5.41, 5.74) is 1.10. The highest BCUT2D eigenvalue weighted by Crippen LogP contribution is 2.34. The summed E-state index contributed by atoms with van der Waals surface area (Å²) in [5, 5.41) is 3.31. The van der Waals surface area contributed by atoms with Crippen LogP contribution >= 0.6 is 38.6 Å². The van der Waals surface area contributed by atoms with Crippen LogP contribution in [0, 0.1) is 0 Å². The molecule has 1 fully saturated rings. The molecule has 1 saturated heterocycles. The number of piperazine rings is 1. The van der Waals surface area contributed by atoms with Crippen LogP contribution in [0.2, 0.25) is 0 Å². The summed E-state index contributed by atoms with van der Waals surface area (Å²) < 4.78 is 1.16. The van der Waals surface area contributed by atoms with Crippen LogP contribution in [0.3, 0.4) is 0 Å². The molecule has 6 heteroatoms. The van der Waals surface area contributed by atoms with E-state index in [-0.39, 0.29) is 0 Å². The third-order valence-corrected chi connectivity index (χ3v) is 5.64. The zero-order valence-corrected chi connectivity index (χ0v) is 13.3. The average molecular weight is 344 g/mol. The highest BCUT2D eigenvalue weighted by molar-refractivity contribution is 9.11. The molecule has 18 heavy (non-hydrogen) atoms. The Kier molecular flexibility index (Phi) is 3.70. The van der Waals surface area contributed by atoms with Crippen molar-refractivity contribution in [1.29, 1.82) is 0 Å². The van der Waals surface area contributed by atoms with Crippen molar-refractivity contribution in [2.24, 2.45) is 0 Å². The third kappa shape index (κ3) is 2.61. The maximum atomic E-state index is 4.76. The van der Waals surface area contributed by atoms with Crippen molar-refractivity contribution in [3.05, 3.63) is 21.3 Å². The first-order chi connectivity index (χ1) is 8.72. The summed E-state index contributed by atoms with van der Waals surface area (Å²) >= 11 is 6.98. The smallest absolute Gasteiger partial charge is 0.185 e. The van der Waals surface area contributed by atoms with E-state index >= 15 is 0 Å². The Balaban J connectivity index is 1.77. The number of likely N-dealkylation sites (N-methyl/N-ethyl adjacent to an activating group) is 1. The second-order valence-corrected chi connectivity index (χ2v) is 7.71. The number of nitrogens with zero attached hydrogens (tertiary/aromatic N) is 3. The topological polar surface area (TPSA) is 19.4 Å². The van der Waals surface area contributed by atoms with Gasteiger partial charge >= 0.3 is 0 Å². The molecular weight excluding hydrogens is 330 g/mol. The van der Waals surface area contributed by atoms with Gasteiger partial charge in [0.2, 0.25) is 0 Å². The first kappa shape index (κ1) is 12.6. The second kappa shape index (κ2) is 5.28. The highest BCUT2D eigenvalue weighted by atomic mass is 79.9. The maximum Gasteiger partial charge on any atom is 0.185 e. The quantitative estimate of drug-likeness (QED) is 0.833. The minimum absolute atomic E-state index is 1.08. The summed E-state index contributed by atoms with van der Waals surface area (Å²) in [4.78, 5) is 10.7. The average Bonchev–Trinajstić information content (AvgIpc) is 2.98. The first-order valence-electron chi connectivity index (χ1n) is 5.87. The lowest BCUT2D eigenvalue weighted by Crippen LogP contribution is -2.44. The molecule has 2 aromatic heterocycles. The van der Waals surface area contributed by atoms with E-state index in [1.807, 2.05) is 0 Å². The molecule has 0 bridgehead atoms. The summed E-state index contributed by atoms with van der Waals surface area (Å²) in [5.74, 6) is 0. The molecule has 0 amide bonds. The molecule has 1 aliphatic rings. The minimum Gasteiger partial charge on any atom is -0.346 e. The molecule has 0 aliphatic carbocycles. The van der Waals surface area contributed by atoms with Gasteiger partial charge in [0, 0.05) is 31.6 Å². The molecule has 3 rings (SSSR count). The fourth-order valence-electron chi connectivity index (χ4n) is 1.97. The van der Waals surface area contributed by atoms with E-state index < -0.39 is 0 Å². The minimum atomic E-state index is 1.08. The summed E-state index contributed by atoms with van der Waals surface area (Å²) in [7, 11) is 2.17. The lowest BCUT2D eigenvalue weighted by atomic mass is 10.3. The highest BCUT2D eigenvalue weighted by Gasteiger charge is 2.17. The summed E-state index contributed by atoms with van der Waals surface area (Å²) in [6.45, 7) is 4.41. The number of hydrogen-bond donors (Lipinski definition) is 0. The van der Waals surface area contributed by atoms with Gasteiger partial charge in [0.05, 0.1) is 14.4 Å². The van der Waals surface area contributed by atoms with Crippen molar-refractivity contribution in [1.82, 2.24) is 9.88 Å². The first-order valence-corrected chi connectivity index (χ1v) is 8.36. The van der Waals surface area contributed by atoms with Gasteiger partial charge in [-0.1, -0.05) is 0 Å². The Morgan fingerprint density at radius 2 is 2.00 bits per heavy atom. The van der Waals surface area contributed by atoms with E-state index in [1.165, 1.54) is 4.88 Å². The largest absolute Gasteiger partial charge is 0.346 e. The van der Waals surface area contributed by atoms with Crippen molar-refractivity contribution in [3.63, 3.8) is 0 Å². The molecule has 2 aromatic rings. The van der Waals surface area contributed by atoms with Crippen molar-refractivity contribution >= 4 is 43.7 Å². The van der Waals surface area contributed by atoms with Crippen molar-refractivity contribution in [2.45, 2.75) is 0 Å². The molecule has 0 aromatic carbocycles. The Morgan fingerprint density at radius 3 is 2.67 bits per heavy atom. The predicted molar refractivity (Wildman–Crippen MR) is 82.8 cm³/mol. The predicted octanol–water partition coefficient (Wildman–Crippen LogP) is 3.39. The van der Waals surface area contributed by atoms with Crippen LogP contribution in [0.15, 0.2) is 21.3 Å². The van der Waals surface area contributed by atoms with Gasteiger partial charge in [0.25, 0.3) is 0 Å². The molecule has 3 nitrogen and oxygen atoms in total. The molecule has 0 unspecified atom stereocenters. The number of thiophene rings is 1. The van der Waals surface area contributed by atoms with E-state index in [9.17, 15) is 0 Å². The van der Waals surface area contributed by atoms with Crippen molar-refractivity contribution < 1.29 is 0 Å². The van der Waals surface area contributed by atoms with E-state index in [1.54, 1.807) is 22.7 Å². The van der Waals surface area contributed by atoms with E-state index in [4.69, 9.17) is 4.98 Å². The molecular formula is C12H14BrN3S2. The van der Waals surface area contributed by atoms with Gasteiger partial charge < -0.3 is 9.80 Å². The molecule has 3 heterocycles. The van der Waals surface area contributed by atoms with Gasteiger partial charge in [-0.3, -0.25) is 0 Å². The molecule has 96 valence electrons. The lowest BCUT2D eigenvalue weighted by Gasteiger charge is -2.32. The van der Waals surface area contributed by atoms with Crippen LogP contribution in [0.25, 0.3) is 10.6 Å². The Bertz CT molecular complexity index is 529. The van der Waals surface area contributed by atoms with Gasteiger partial charge in [-0.05, 0) is 35.1 Å². The van der Waals surface area contributed by atoms with E-state index in [0.717, 1.165) is 40.8 Å². The lowest BCUT2D eigenvalue weighted by molar-refractivity contribution is 0.313. The van der Waals surface area contributed by atoms with Crippen LogP contribution < -0.4 is 4.90 Å². The molecule has 0 N–H and O–H groups in total. The zero-order valence-electron chi connectivity index (χ0n) is 10.1. The normalized spacial score (nSPS) is 17.3. The molecule has 0 spiro atoms. The number of thiazole rings is 1. The molecule has 0 radical (unpaired) electrons. The Labute approximate surface area is 123 Å². The zero-order chi connectivity index (χ0) is 12.5. The van der Waals surface area contributed by atoms with Crippen LogP contribution in [0.5, 0.6) is 0 Å². The maximum absolute atomic E-state index is 4.76. The van der Waals surface area contributed by atoms with Gasteiger partial charge in [0.15, 0.2) is 5.13 Å². The van der Waals surface area contributed by atoms with Gasteiger partial charge in [-0.15, -0.1) is 22.7 Å². The second-order valence-electron chi connectivity index (χ2n) is 4.41. The van der Waals surface area contributed by atoms with Crippen LogP contribution in [0.1, 0.15) is 0 Å². The van der Waals surface area contributed by atoms with E-state index in [0.29, 0.717) is 0 Å². The summed E-state index contributed by atoms with van der Waals surface area (Å²) in [6.07, 6.45) is 0. The monoisotopic (exact) mass is 343 g/mol. The van der Waals surface area contributed by atoms with Crippen LogP contribution in [-0.2, 0) is 0 Å². The van der Waals surface area contributed by atoms with Gasteiger partial charge in [-0.2, -0.15) is 0 Å².